The number of aryl methyl sites for hydroxylation is 2. The highest BCUT2D eigenvalue weighted by Crippen LogP contribution is 2.20. The van der Waals surface area contributed by atoms with E-state index in [-0.39, 0.29) is 10.8 Å². The second kappa shape index (κ2) is 9.00. The lowest BCUT2D eigenvalue weighted by Crippen LogP contribution is -2.30. The summed E-state index contributed by atoms with van der Waals surface area (Å²) in [5.41, 5.74) is 3.07. The van der Waals surface area contributed by atoms with Crippen molar-refractivity contribution in [3.8, 4) is 5.75 Å². The molecule has 0 saturated heterocycles. The molecule has 6 nitrogen and oxygen atoms in total. The fraction of sp³-hybridized carbons (Fsp3) is 0.174. The van der Waals surface area contributed by atoms with E-state index in [1.165, 1.54) is 12.1 Å². The topological polar surface area (TPSA) is 84.5 Å². The van der Waals surface area contributed by atoms with Crippen LogP contribution in [0.4, 0.5) is 11.4 Å². The van der Waals surface area contributed by atoms with Gasteiger partial charge in [0.25, 0.3) is 15.9 Å². The number of benzene rings is 3. The maximum Gasteiger partial charge on any atom is 0.265 e. The second-order valence-electron chi connectivity index (χ2n) is 7.07. The summed E-state index contributed by atoms with van der Waals surface area (Å²) in [4.78, 5) is 12.5. The van der Waals surface area contributed by atoms with Crippen molar-refractivity contribution < 1.29 is 17.9 Å². The molecule has 7 heteroatoms. The lowest BCUT2D eigenvalue weighted by Gasteiger charge is -2.16. The predicted molar refractivity (Wildman–Crippen MR) is 118 cm³/mol. The summed E-state index contributed by atoms with van der Waals surface area (Å²) in [7, 11) is -3.71. The van der Waals surface area contributed by atoms with Crippen LogP contribution in [0.5, 0.6) is 5.75 Å². The number of ether oxygens (including phenoxy) is 1. The van der Waals surface area contributed by atoms with Crippen LogP contribution in [-0.4, -0.2) is 20.4 Å². The van der Waals surface area contributed by atoms with Gasteiger partial charge in [0.1, 0.15) is 5.75 Å². The van der Waals surface area contributed by atoms with Gasteiger partial charge in [-0.1, -0.05) is 24.3 Å². The van der Waals surface area contributed by atoms with Crippen LogP contribution in [0.25, 0.3) is 0 Å². The highest BCUT2D eigenvalue weighted by molar-refractivity contribution is 7.92. The van der Waals surface area contributed by atoms with Gasteiger partial charge in [0.05, 0.1) is 4.90 Å². The first kappa shape index (κ1) is 21.4. The number of amides is 1. The van der Waals surface area contributed by atoms with Gasteiger partial charge in [-0.25, -0.2) is 8.42 Å². The first-order valence-corrected chi connectivity index (χ1v) is 10.9. The van der Waals surface area contributed by atoms with Crippen molar-refractivity contribution in [3.05, 3.63) is 83.9 Å². The van der Waals surface area contributed by atoms with Crippen molar-refractivity contribution >= 4 is 27.3 Å². The van der Waals surface area contributed by atoms with Gasteiger partial charge in [0, 0.05) is 11.4 Å². The molecule has 3 aromatic rings. The average Bonchev–Trinajstić information content (AvgIpc) is 2.68. The minimum absolute atomic E-state index is 0.101. The van der Waals surface area contributed by atoms with Crippen LogP contribution in [0.2, 0.25) is 0 Å². The third-order valence-corrected chi connectivity index (χ3v) is 5.73. The molecular weight excluding hydrogens is 400 g/mol. The Morgan fingerprint density at radius 3 is 2.07 bits per heavy atom. The van der Waals surface area contributed by atoms with E-state index >= 15 is 0 Å². The molecule has 0 unspecified atom stereocenters. The number of carbonyl (C=O) groups excluding carboxylic acids is 1. The molecule has 0 aliphatic heterocycles. The Labute approximate surface area is 177 Å². The van der Waals surface area contributed by atoms with Gasteiger partial charge in [0.15, 0.2) is 6.10 Å². The van der Waals surface area contributed by atoms with Crippen molar-refractivity contribution in [2.45, 2.75) is 31.8 Å². The lowest BCUT2D eigenvalue weighted by atomic mass is 10.1. The molecule has 2 N–H and O–H groups in total. The number of sulfonamides is 1. The number of nitrogens with one attached hydrogen (secondary N) is 2. The zero-order valence-corrected chi connectivity index (χ0v) is 17.9. The van der Waals surface area contributed by atoms with Gasteiger partial charge in [0.2, 0.25) is 0 Å². The predicted octanol–water partition coefficient (Wildman–Crippen LogP) is 4.51. The van der Waals surface area contributed by atoms with Gasteiger partial charge in [-0.3, -0.25) is 9.52 Å². The van der Waals surface area contributed by atoms with Gasteiger partial charge < -0.3 is 10.1 Å². The third kappa shape index (κ3) is 5.61. The summed E-state index contributed by atoms with van der Waals surface area (Å²) >= 11 is 0. The highest BCUT2D eigenvalue weighted by atomic mass is 32.2. The van der Waals surface area contributed by atoms with Crippen molar-refractivity contribution in [3.63, 3.8) is 0 Å². The molecule has 156 valence electrons. The van der Waals surface area contributed by atoms with E-state index < -0.39 is 16.1 Å². The van der Waals surface area contributed by atoms with Crippen LogP contribution in [0.3, 0.4) is 0 Å². The third-order valence-electron chi connectivity index (χ3n) is 4.34. The van der Waals surface area contributed by atoms with E-state index in [1.807, 2.05) is 32.0 Å². The maximum absolute atomic E-state index is 12.5. The standard InChI is InChI=1S/C23H24N2O4S/c1-16-13-17(2)15-21(14-16)29-18(3)23(26)24-19-9-11-22(12-10-19)30(27,28)25-20-7-5-4-6-8-20/h4-15,18,25H,1-3H3,(H,24,26)/t18-/m1/s1. The van der Waals surface area contributed by atoms with Crippen LogP contribution in [-0.2, 0) is 14.8 Å². The first-order valence-electron chi connectivity index (χ1n) is 9.47. The van der Waals surface area contributed by atoms with Crippen LogP contribution in [0.15, 0.2) is 77.7 Å². The molecule has 1 amide bonds. The minimum atomic E-state index is -3.71. The fourth-order valence-corrected chi connectivity index (χ4v) is 4.00. The molecule has 0 aliphatic rings. The Morgan fingerprint density at radius 1 is 0.867 bits per heavy atom. The van der Waals surface area contributed by atoms with Gasteiger partial charge in [-0.05, 0) is 80.4 Å². The monoisotopic (exact) mass is 424 g/mol. The van der Waals surface area contributed by atoms with E-state index in [4.69, 9.17) is 4.74 Å². The van der Waals surface area contributed by atoms with Crippen LogP contribution < -0.4 is 14.8 Å². The van der Waals surface area contributed by atoms with E-state index in [0.717, 1.165) is 11.1 Å². The van der Waals surface area contributed by atoms with Gasteiger partial charge in [-0.2, -0.15) is 0 Å². The molecule has 0 bridgehead atoms. The number of hydrogen-bond donors (Lipinski definition) is 2. The smallest absolute Gasteiger partial charge is 0.265 e. The van der Waals surface area contributed by atoms with E-state index in [0.29, 0.717) is 17.1 Å². The number of rotatable bonds is 7. The first-order chi connectivity index (χ1) is 14.2. The van der Waals surface area contributed by atoms with Crippen LogP contribution in [0.1, 0.15) is 18.1 Å². The number of para-hydroxylation sites is 1. The highest BCUT2D eigenvalue weighted by Gasteiger charge is 2.17. The zero-order valence-electron chi connectivity index (χ0n) is 17.0. The Kier molecular flexibility index (Phi) is 6.42. The number of hydrogen-bond acceptors (Lipinski definition) is 4. The van der Waals surface area contributed by atoms with Crippen LogP contribution >= 0.6 is 0 Å². The molecule has 3 aromatic carbocycles. The number of anilines is 2. The van der Waals surface area contributed by atoms with E-state index in [1.54, 1.807) is 49.4 Å². The van der Waals surface area contributed by atoms with E-state index in [9.17, 15) is 13.2 Å². The van der Waals surface area contributed by atoms with Gasteiger partial charge in [-0.15, -0.1) is 0 Å². The van der Waals surface area contributed by atoms with Crippen molar-refractivity contribution in [2.24, 2.45) is 0 Å². The summed E-state index contributed by atoms with van der Waals surface area (Å²) in [6, 6.07) is 20.4. The molecule has 0 saturated carbocycles. The largest absolute Gasteiger partial charge is 0.481 e. The summed E-state index contributed by atoms with van der Waals surface area (Å²) in [6.45, 7) is 5.59. The Balaban J connectivity index is 1.63. The molecule has 0 radical (unpaired) electrons. The zero-order chi connectivity index (χ0) is 21.7. The summed E-state index contributed by atoms with van der Waals surface area (Å²) in [5.74, 6) is 0.302. The molecule has 0 spiro atoms. The molecular formula is C23H24N2O4S. The quantitative estimate of drug-likeness (QED) is 0.584. The summed E-state index contributed by atoms with van der Waals surface area (Å²) in [6.07, 6.45) is -0.714. The van der Waals surface area contributed by atoms with Gasteiger partial charge >= 0.3 is 0 Å². The molecule has 3 rings (SSSR count). The van der Waals surface area contributed by atoms with Crippen LogP contribution in [0, 0.1) is 13.8 Å². The molecule has 0 aromatic heterocycles. The second-order valence-corrected chi connectivity index (χ2v) is 8.75. The summed E-state index contributed by atoms with van der Waals surface area (Å²) < 4.78 is 33.2. The van der Waals surface area contributed by atoms with E-state index in [2.05, 4.69) is 10.0 Å². The normalized spacial score (nSPS) is 12.1. The van der Waals surface area contributed by atoms with Crippen molar-refractivity contribution in [2.75, 3.05) is 10.0 Å². The fourth-order valence-electron chi connectivity index (χ4n) is 2.94. The molecule has 1 atom stereocenters. The minimum Gasteiger partial charge on any atom is -0.481 e. The lowest BCUT2D eigenvalue weighted by molar-refractivity contribution is -0.122. The molecule has 0 heterocycles. The van der Waals surface area contributed by atoms with Crippen molar-refractivity contribution in [1.82, 2.24) is 0 Å². The average molecular weight is 425 g/mol. The summed E-state index contributed by atoms with van der Waals surface area (Å²) in [5, 5.41) is 2.74. The SMILES string of the molecule is Cc1cc(C)cc(O[C@H](C)C(=O)Nc2ccc(S(=O)(=O)Nc3ccccc3)cc2)c1. The Morgan fingerprint density at radius 2 is 1.47 bits per heavy atom. The Hall–Kier alpha value is -3.32. The number of carbonyl (C=O) groups is 1. The van der Waals surface area contributed by atoms with Crippen molar-refractivity contribution in [1.29, 1.82) is 0 Å². The molecule has 0 aliphatic carbocycles. The molecule has 0 fully saturated rings. The molecule has 30 heavy (non-hydrogen) atoms. The Bertz CT molecular complexity index is 1110. The maximum atomic E-state index is 12.5.